The maximum Gasteiger partial charge on any atom is 0.0602 e. The average Bonchev–Trinajstić information content (AvgIpc) is 2.19. The second kappa shape index (κ2) is 6.72. The van der Waals surface area contributed by atoms with Gasteiger partial charge in [-0.05, 0) is 25.2 Å². The van der Waals surface area contributed by atoms with Crippen molar-refractivity contribution < 1.29 is 4.74 Å². The molecule has 1 fully saturated rings. The molecule has 0 amide bonds. The Balaban J connectivity index is 2.26. The fraction of sp³-hybridized carbons (Fsp3) is 1.00. The molecule has 0 aromatic heterocycles. The minimum atomic E-state index is 0.600. The van der Waals surface area contributed by atoms with Crippen molar-refractivity contribution >= 4 is 11.6 Å². The Hall–Kier alpha value is 0.210. The molecule has 1 heterocycles. The van der Waals surface area contributed by atoms with Gasteiger partial charge in [-0.2, -0.15) is 0 Å². The van der Waals surface area contributed by atoms with Crippen LogP contribution in [0.4, 0.5) is 0 Å². The first-order chi connectivity index (χ1) is 7.15. The molecule has 0 saturated carbocycles. The Bertz CT molecular complexity index is 177. The van der Waals surface area contributed by atoms with Gasteiger partial charge < -0.3 is 4.74 Å². The van der Waals surface area contributed by atoms with Gasteiger partial charge in [0, 0.05) is 25.0 Å². The van der Waals surface area contributed by atoms with Crippen molar-refractivity contribution in [3.05, 3.63) is 0 Å². The first kappa shape index (κ1) is 13.3. The summed E-state index contributed by atoms with van der Waals surface area (Å²) >= 11 is 5.56. The quantitative estimate of drug-likeness (QED) is 0.535. The normalized spacial score (nSPS) is 33.2. The van der Waals surface area contributed by atoms with Crippen LogP contribution >= 0.6 is 11.6 Å². The van der Waals surface area contributed by atoms with Gasteiger partial charge >= 0.3 is 0 Å². The van der Waals surface area contributed by atoms with E-state index >= 15 is 0 Å². The zero-order chi connectivity index (χ0) is 11.3. The van der Waals surface area contributed by atoms with Gasteiger partial charge in [0.2, 0.25) is 0 Å². The third-order valence-corrected chi connectivity index (χ3v) is 3.62. The van der Waals surface area contributed by atoms with Crippen LogP contribution in [0.1, 0.15) is 27.2 Å². The highest BCUT2D eigenvalue weighted by Gasteiger charge is 2.27. The fourth-order valence-electron chi connectivity index (χ4n) is 2.47. The molecule has 3 unspecified atom stereocenters. The Morgan fingerprint density at radius 2 is 2.00 bits per heavy atom. The molecule has 2 nitrogen and oxygen atoms in total. The Labute approximate surface area is 98.9 Å². The number of hydrogen-bond acceptors (Lipinski definition) is 2. The van der Waals surface area contributed by atoms with Crippen LogP contribution in [0.15, 0.2) is 0 Å². The molecule has 0 aromatic rings. The smallest absolute Gasteiger partial charge is 0.0602 e. The number of hydrogen-bond donors (Lipinski definition) is 0. The van der Waals surface area contributed by atoms with E-state index in [1.165, 1.54) is 13.0 Å². The summed E-state index contributed by atoms with van der Waals surface area (Å²) in [6.07, 6.45) is 1.36. The Morgan fingerprint density at radius 3 is 2.67 bits per heavy atom. The summed E-state index contributed by atoms with van der Waals surface area (Å²) in [4.78, 5) is 2.55. The molecule has 1 aliphatic rings. The van der Waals surface area contributed by atoms with E-state index in [9.17, 15) is 0 Å². The van der Waals surface area contributed by atoms with E-state index in [-0.39, 0.29) is 0 Å². The standard InChI is InChI=1S/C12H24ClNO/c1-10-8-11(2)12(3)14(9-10)5-7-15-6-4-13/h10-12H,4-9H2,1-3H3. The van der Waals surface area contributed by atoms with Crippen molar-refractivity contribution in [3.8, 4) is 0 Å². The Kier molecular flexibility index (Phi) is 5.95. The maximum absolute atomic E-state index is 5.56. The molecule has 90 valence electrons. The monoisotopic (exact) mass is 233 g/mol. The number of nitrogens with zero attached hydrogens (tertiary/aromatic N) is 1. The lowest BCUT2D eigenvalue weighted by atomic mass is 9.86. The summed E-state index contributed by atoms with van der Waals surface area (Å²) in [5.41, 5.74) is 0. The molecule has 3 atom stereocenters. The van der Waals surface area contributed by atoms with Crippen LogP contribution in [0.2, 0.25) is 0 Å². The van der Waals surface area contributed by atoms with Crippen LogP contribution in [0, 0.1) is 11.8 Å². The number of likely N-dealkylation sites (tertiary alicyclic amines) is 1. The minimum absolute atomic E-state index is 0.600. The number of piperidine rings is 1. The summed E-state index contributed by atoms with van der Waals surface area (Å²) in [7, 11) is 0. The van der Waals surface area contributed by atoms with E-state index in [4.69, 9.17) is 16.3 Å². The van der Waals surface area contributed by atoms with E-state index in [1.54, 1.807) is 0 Å². The highest BCUT2D eigenvalue weighted by atomic mass is 35.5. The topological polar surface area (TPSA) is 12.5 Å². The molecule has 0 N–H and O–H groups in total. The highest BCUT2D eigenvalue weighted by molar-refractivity contribution is 6.17. The molecule has 3 heteroatoms. The highest BCUT2D eigenvalue weighted by Crippen LogP contribution is 2.26. The molecule has 0 aliphatic carbocycles. The number of rotatable bonds is 5. The minimum Gasteiger partial charge on any atom is -0.379 e. The fourth-order valence-corrected chi connectivity index (χ4v) is 2.58. The first-order valence-corrected chi connectivity index (χ1v) is 6.56. The molecule has 1 rings (SSSR count). The van der Waals surface area contributed by atoms with Crippen molar-refractivity contribution in [2.75, 3.05) is 32.2 Å². The summed E-state index contributed by atoms with van der Waals surface area (Å²) in [6, 6.07) is 0.695. The predicted molar refractivity (Wildman–Crippen MR) is 65.5 cm³/mol. The van der Waals surface area contributed by atoms with Crippen molar-refractivity contribution in [2.24, 2.45) is 11.8 Å². The molecule has 1 saturated heterocycles. The molecule has 15 heavy (non-hydrogen) atoms. The third kappa shape index (κ3) is 4.29. The van der Waals surface area contributed by atoms with Crippen molar-refractivity contribution in [1.82, 2.24) is 4.90 Å². The molecular formula is C12H24ClNO. The van der Waals surface area contributed by atoms with Gasteiger partial charge in [-0.15, -0.1) is 11.6 Å². The van der Waals surface area contributed by atoms with Crippen LogP contribution in [0.25, 0.3) is 0 Å². The van der Waals surface area contributed by atoms with E-state index in [0.717, 1.165) is 25.0 Å². The number of ether oxygens (including phenoxy) is 1. The van der Waals surface area contributed by atoms with E-state index in [2.05, 4.69) is 25.7 Å². The van der Waals surface area contributed by atoms with Crippen LogP contribution in [0.3, 0.4) is 0 Å². The lowest BCUT2D eigenvalue weighted by molar-refractivity contribution is 0.0435. The van der Waals surface area contributed by atoms with Crippen molar-refractivity contribution in [3.63, 3.8) is 0 Å². The van der Waals surface area contributed by atoms with Crippen molar-refractivity contribution in [2.45, 2.75) is 33.2 Å². The van der Waals surface area contributed by atoms with Crippen LogP contribution in [-0.2, 0) is 4.74 Å². The summed E-state index contributed by atoms with van der Waals surface area (Å²) in [6.45, 7) is 10.8. The lowest BCUT2D eigenvalue weighted by Gasteiger charge is -2.41. The molecular weight excluding hydrogens is 210 g/mol. The predicted octanol–water partition coefficient (Wildman–Crippen LogP) is 2.61. The molecule has 0 aromatic carbocycles. The van der Waals surface area contributed by atoms with Gasteiger partial charge in [-0.3, -0.25) is 4.90 Å². The summed E-state index contributed by atoms with van der Waals surface area (Å²) < 4.78 is 5.43. The second-order valence-corrected chi connectivity index (χ2v) is 5.23. The van der Waals surface area contributed by atoms with E-state index in [1.807, 2.05) is 0 Å². The zero-order valence-electron chi connectivity index (χ0n) is 10.2. The van der Waals surface area contributed by atoms with Crippen LogP contribution < -0.4 is 0 Å². The summed E-state index contributed by atoms with van der Waals surface area (Å²) in [5, 5.41) is 0. The SMILES string of the molecule is CC1CC(C)C(C)N(CCOCCCl)C1. The van der Waals surface area contributed by atoms with Gasteiger partial charge in [0.25, 0.3) is 0 Å². The van der Waals surface area contributed by atoms with Crippen LogP contribution in [-0.4, -0.2) is 43.1 Å². The van der Waals surface area contributed by atoms with Gasteiger partial charge in [0.1, 0.15) is 0 Å². The van der Waals surface area contributed by atoms with Gasteiger partial charge in [-0.25, -0.2) is 0 Å². The van der Waals surface area contributed by atoms with Gasteiger partial charge in [0.05, 0.1) is 13.2 Å². The number of alkyl halides is 1. The molecule has 0 spiro atoms. The molecule has 0 radical (unpaired) electrons. The van der Waals surface area contributed by atoms with E-state index in [0.29, 0.717) is 18.5 Å². The van der Waals surface area contributed by atoms with Gasteiger partial charge in [-0.1, -0.05) is 13.8 Å². The van der Waals surface area contributed by atoms with Crippen molar-refractivity contribution in [1.29, 1.82) is 0 Å². The lowest BCUT2D eigenvalue weighted by Crippen LogP contribution is -2.47. The van der Waals surface area contributed by atoms with Crippen LogP contribution in [0.5, 0.6) is 0 Å². The van der Waals surface area contributed by atoms with Gasteiger partial charge in [0.15, 0.2) is 0 Å². The zero-order valence-corrected chi connectivity index (χ0v) is 11.0. The average molecular weight is 234 g/mol. The van der Waals surface area contributed by atoms with E-state index < -0.39 is 0 Å². The largest absolute Gasteiger partial charge is 0.379 e. The first-order valence-electron chi connectivity index (χ1n) is 6.03. The molecule has 0 bridgehead atoms. The third-order valence-electron chi connectivity index (χ3n) is 3.46. The maximum atomic E-state index is 5.56. The summed E-state index contributed by atoms with van der Waals surface area (Å²) in [5.74, 6) is 2.23. The Morgan fingerprint density at radius 1 is 1.27 bits per heavy atom. The second-order valence-electron chi connectivity index (χ2n) is 4.86. The molecule has 1 aliphatic heterocycles. The number of halogens is 1.